The second-order valence-corrected chi connectivity index (χ2v) is 30.3. The van der Waals surface area contributed by atoms with Gasteiger partial charge in [-0.25, -0.2) is 4.79 Å². The normalized spacial score (nSPS) is 49.3. The zero-order valence-electron chi connectivity index (χ0n) is 59.8. The molecule has 10 aliphatic heterocycles. The zero-order chi connectivity index (χ0) is 74.9. The molecule has 15 N–H and O–H groups in total. The van der Waals surface area contributed by atoms with Crippen LogP contribution in [0.3, 0.4) is 0 Å². The minimum absolute atomic E-state index is 0.134. The summed E-state index contributed by atoms with van der Waals surface area (Å²) in [6, 6.07) is -1.98. The van der Waals surface area contributed by atoms with E-state index in [0.717, 1.165) is 6.42 Å². The number of carboxylic acid groups (broad SMARTS) is 5. The minimum atomic E-state index is -2.29. The van der Waals surface area contributed by atoms with E-state index in [0.29, 0.717) is 6.42 Å². The molecule has 8 unspecified atom stereocenters. The lowest BCUT2D eigenvalue weighted by Gasteiger charge is -2.82. The number of hydrogen-bond acceptors (Lipinski definition) is 25. The minimum Gasteiger partial charge on any atom is -0.665 e. The van der Waals surface area contributed by atoms with E-state index in [1.807, 2.05) is 34.6 Å². The Kier molecular flexibility index (Phi) is 21.4. The van der Waals surface area contributed by atoms with Gasteiger partial charge in [0, 0.05) is 57.2 Å². The summed E-state index contributed by atoms with van der Waals surface area (Å²) < 4.78 is 59.6. The monoisotopic (exact) mass is 1380 g/mol. The van der Waals surface area contributed by atoms with Crippen LogP contribution in [-0.4, -0.2) is 249 Å². The van der Waals surface area contributed by atoms with Crippen LogP contribution in [0.15, 0.2) is 0 Å². The van der Waals surface area contributed by atoms with Crippen molar-refractivity contribution >= 4 is 41.7 Å². The van der Waals surface area contributed by atoms with Crippen LogP contribution in [0, 0.1) is 33.5 Å². The molecule has 2 aliphatic carbocycles. The van der Waals surface area contributed by atoms with E-state index in [2.05, 4.69) is 10.6 Å². The molecule has 554 valence electrons. The SMILES string of the molecule is CCCC(N)C(=O)O.CO[C@]1(C)O[C@@]2(C(=O)O)O[C@@](C)(C1(C)O)[C@]2(C)COC[C@]1(C)OC2(CO)[C@@H](C)[C@@](C)(C1(C)NC(C)=O)[C@]2(C)O.CO[C@]1(C)O[C@@]2(C(=O)[O-])O[C@@](C)(C1(C)O)[C@]2(C)COC[C@]1(C)OC2(CO)[C@@H](C)[C@@](C)(C1(C)NC(C)=O)[C@]2(C)O.[NH-]C(CCC(=O)O)C(=O)O. The molecule has 2 amide bonds. The van der Waals surface area contributed by atoms with E-state index in [4.69, 9.17) is 74.2 Å². The molecule has 2 saturated carbocycles. The molecule has 24 atom stereocenters. The molecule has 0 spiro atoms. The van der Waals surface area contributed by atoms with Crippen molar-refractivity contribution in [3.05, 3.63) is 5.73 Å². The molecule has 0 aromatic carbocycles. The molecule has 10 heterocycles. The average Bonchev–Trinajstić information content (AvgIpc) is 0.656. The molecular weight excluding hydrogens is 1270 g/mol. The maximum atomic E-state index is 12.5. The lowest BCUT2D eigenvalue weighted by atomic mass is 9.33. The molecule has 12 fully saturated rings. The fourth-order valence-corrected chi connectivity index (χ4v) is 17.9. The van der Waals surface area contributed by atoms with Crippen LogP contribution in [0.5, 0.6) is 0 Å². The Labute approximate surface area is 559 Å². The van der Waals surface area contributed by atoms with Crippen molar-refractivity contribution in [1.29, 1.82) is 0 Å². The average molecular weight is 1380 g/mol. The number of hydrogen-bond donors (Lipinski definition) is 13. The summed E-state index contributed by atoms with van der Waals surface area (Å²) in [5.41, 5.74) is -10.0. The maximum Gasteiger partial charge on any atom is 0.365 e. The van der Waals surface area contributed by atoms with Gasteiger partial charge in [-0.2, -0.15) is 0 Å². The van der Waals surface area contributed by atoms with E-state index in [-0.39, 0.29) is 62.9 Å². The fraction of sp³-hybridized carbons (Fsp3) is 0.891. The first-order chi connectivity index (χ1) is 43.1. The highest BCUT2D eigenvalue weighted by Crippen LogP contribution is 2.76. The summed E-state index contributed by atoms with van der Waals surface area (Å²) in [4.78, 5) is 79.6. The summed E-state index contributed by atoms with van der Waals surface area (Å²) in [5.74, 6) is -15.6. The van der Waals surface area contributed by atoms with Crippen molar-refractivity contribution in [3.63, 3.8) is 0 Å². The molecule has 32 heteroatoms. The molecule has 12 rings (SSSR count). The number of ether oxygens (including phenoxy) is 10. The lowest BCUT2D eigenvalue weighted by molar-refractivity contribution is -0.594. The number of carbonyl (C=O) groups is 7. The van der Waals surface area contributed by atoms with Crippen molar-refractivity contribution in [1.82, 2.24) is 10.6 Å². The first-order valence-corrected chi connectivity index (χ1v) is 31.9. The number of carboxylic acids is 5. The number of aliphatic carboxylic acids is 5. The van der Waals surface area contributed by atoms with E-state index >= 15 is 0 Å². The number of aliphatic hydroxyl groups excluding tert-OH is 2. The van der Waals surface area contributed by atoms with Crippen LogP contribution >= 0.6 is 0 Å². The predicted octanol–water partition coefficient (Wildman–Crippen LogP) is 0.310. The van der Waals surface area contributed by atoms with E-state index in [9.17, 15) is 74.4 Å². The van der Waals surface area contributed by atoms with Gasteiger partial charge in [0.25, 0.3) is 11.8 Å². The highest BCUT2D eigenvalue weighted by atomic mass is 16.9. The molecule has 8 bridgehead atoms. The van der Waals surface area contributed by atoms with E-state index in [1.54, 1.807) is 69.2 Å². The molecule has 96 heavy (non-hydrogen) atoms. The molecule has 0 radical (unpaired) electrons. The maximum absolute atomic E-state index is 12.5. The molecule has 0 aromatic rings. The van der Waals surface area contributed by atoms with Crippen LogP contribution in [-0.2, 0) is 80.9 Å². The van der Waals surface area contributed by atoms with Gasteiger partial charge in [0.05, 0.1) is 61.5 Å². The molecule has 0 aromatic heterocycles. The Morgan fingerprint density at radius 3 is 1.15 bits per heavy atom. The van der Waals surface area contributed by atoms with Gasteiger partial charge in [-0.3, -0.25) is 24.0 Å². The molecule has 32 nitrogen and oxygen atoms in total. The van der Waals surface area contributed by atoms with E-state index in [1.165, 1.54) is 55.8 Å². The van der Waals surface area contributed by atoms with Crippen LogP contribution in [0.25, 0.3) is 5.73 Å². The summed E-state index contributed by atoms with van der Waals surface area (Å²) >= 11 is 0. The van der Waals surface area contributed by atoms with Crippen LogP contribution in [0.1, 0.15) is 171 Å². The van der Waals surface area contributed by atoms with Gasteiger partial charge in [-0.05, 0) is 116 Å². The first-order valence-electron chi connectivity index (χ1n) is 31.9. The molecule has 10 saturated heterocycles. The number of carbonyl (C=O) groups excluding carboxylic acids is 3. The van der Waals surface area contributed by atoms with E-state index < -0.39 is 167 Å². The summed E-state index contributed by atoms with van der Waals surface area (Å²) in [5, 5.41) is 120. The van der Waals surface area contributed by atoms with Gasteiger partial charge in [-0.1, -0.05) is 41.0 Å². The number of nitrogens with one attached hydrogen (secondary N) is 3. The third kappa shape index (κ3) is 9.96. The van der Waals surface area contributed by atoms with Crippen molar-refractivity contribution in [2.75, 3.05) is 53.9 Å². The number of amides is 2. The fourth-order valence-electron chi connectivity index (χ4n) is 17.9. The van der Waals surface area contributed by atoms with Crippen LogP contribution in [0.2, 0.25) is 0 Å². The Morgan fingerprint density at radius 1 is 0.542 bits per heavy atom. The second-order valence-electron chi connectivity index (χ2n) is 30.3. The Hall–Kier alpha value is -4.43. The van der Waals surface area contributed by atoms with Gasteiger partial charge in [-0.15, -0.1) is 0 Å². The van der Waals surface area contributed by atoms with Crippen molar-refractivity contribution in [2.45, 2.75) is 273 Å². The van der Waals surface area contributed by atoms with Crippen molar-refractivity contribution < 1.29 is 137 Å². The number of fused-ring (bicyclic) bond motifs is 8. The second kappa shape index (κ2) is 25.0. The van der Waals surface area contributed by atoms with Crippen molar-refractivity contribution in [3.8, 4) is 0 Å². The van der Waals surface area contributed by atoms with Gasteiger partial charge < -0.3 is 130 Å². The largest absolute Gasteiger partial charge is 0.665 e. The number of methoxy groups -OCH3 is 2. The summed E-state index contributed by atoms with van der Waals surface area (Å²) in [7, 11) is 2.61. The number of rotatable bonds is 23. The smallest absolute Gasteiger partial charge is 0.365 e. The van der Waals surface area contributed by atoms with Gasteiger partial charge in [0.2, 0.25) is 23.4 Å². The summed E-state index contributed by atoms with van der Waals surface area (Å²) in [6.07, 6.45) is 0.994. The molecular formula is C64H108N4O28-2. The number of nitrogens with two attached hydrogens (primary N) is 1. The highest BCUT2D eigenvalue weighted by molar-refractivity contribution is 5.80. The van der Waals surface area contributed by atoms with Crippen LogP contribution < -0.4 is 21.5 Å². The summed E-state index contributed by atoms with van der Waals surface area (Å²) in [6.45, 7) is 32.6. The quantitative estimate of drug-likeness (QED) is 0.0655. The highest BCUT2D eigenvalue weighted by Gasteiger charge is 2.92. The lowest BCUT2D eigenvalue weighted by Crippen LogP contribution is -2.97. The Bertz CT molecular complexity index is 2880. The first kappa shape index (κ1) is 82.2. The predicted molar refractivity (Wildman–Crippen MR) is 331 cm³/mol. The third-order valence-corrected chi connectivity index (χ3v) is 26.4. The Balaban J connectivity index is 0.000000276. The van der Waals surface area contributed by atoms with Crippen molar-refractivity contribution in [2.24, 2.45) is 39.2 Å². The molecule has 12 aliphatic rings. The number of aliphatic hydroxyl groups is 6. The van der Waals surface area contributed by atoms with Gasteiger partial charge >= 0.3 is 17.9 Å². The standard InChI is InChI=1S/2C27H45NO11.C5H8NO4.C5H11NO2/c2*1-15-20(5)21(6,28-16(2)30)19(4,37-26(15,12-29)22(20,7)33)14-36-13-18(3)24(9)23(8,34)25(10,35-11)39-27(18,38-24)17(31)32;6-3(5(9)10)1-2-4(7)8;1-2-3-4(6)5(7)8/h2*15,29,33-34H,12-14H2,1-11H3,(H,28,30)(H,31,32);3,6H,1-2H2,(H,7,8)(H,9,10);4H,2-3,6H2,1H3,(H,7,8)/q;;-1;/p-1/t2*15-,18-,19-,20-,21?,22-,23?,24+,25+,26?,27+;;/m00../s1. The topological polar surface area (TPSA) is 511 Å². The Morgan fingerprint density at radius 2 is 0.885 bits per heavy atom. The zero-order valence-corrected chi connectivity index (χ0v) is 59.8. The third-order valence-electron chi connectivity index (χ3n) is 26.4. The van der Waals surface area contributed by atoms with Gasteiger partial charge in [0.15, 0.2) is 5.79 Å². The van der Waals surface area contributed by atoms with Crippen LogP contribution in [0.4, 0.5) is 0 Å². The van der Waals surface area contributed by atoms with Gasteiger partial charge in [0.1, 0.15) is 68.0 Å².